The first-order chi connectivity index (χ1) is 7.63. The molecular formula is C11H14O4S. The number of carbonyl (C=O) groups is 1. The molecule has 5 heteroatoms. The van der Waals surface area contributed by atoms with Gasteiger partial charge in [-0.15, -0.1) is 11.8 Å². The summed E-state index contributed by atoms with van der Waals surface area (Å²) < 4.78 is 4.80. The SMILES string of the molecule is COCC(O)CSc1cccc(C(=O)O)c1. The maximum atomic E-state index is 10.7. The fourth-order valence-electron chi connectivity index (χ4n) is 1.15. The summed E-state index contributed by atoms with van der Waals surface area (Å²) in [5, 5.41) is 18.2. The lowest BCUT2D eigenvalue weighted by Crippen LogP contribution is -2.16. The largest absolute Gasteiger partial charge is 0.478 e. The molecule has 4 nitrogen and oxygen atoms in total. The Morgan fingerprint density at radius 3 is 2.94 bits per heavy atom. The number of carboxylic acids is 1. The summed E-state index contributed by atoms with van der Waals surface area (Å²) in [4.78, 5) is 11.5. The van der Waals surface area contributed by atoms with Crippen molar-refractivity contribution in [1.29, 1.82) is 0 Å². The highest BCUT2D eigenvalue weighted by Gasteiger charge is 2.06. The average Bonchev–Trinajstić information content (AvgIpc) is 2.27. The number of methoxy groups -OCH3 is 1. The highest BCUT2D eigenvalue weighted by atomic mass is 32.2. The molecule has 1 aromatic rings. The van der Waals surface area contributed by atoms with Gasteiger partial charge in [-0.3, -0.25) is 0 Å². The van der Waals surface area contributed by atoms with Gasteiger partial charge in [0.05, 0.1) is 18.3 Å². The second kappa shape index (κ2) is 6.52. The molecule has 0 aliphatic rings. The van der Waals surface area contributed by atoms with Crippen molar-refractivity contribution in [3.63, 3.8) is 0 Å². The van der Waals surface area contributed by atoms with Gasteiger partial charge in [0.25, 0.3) is 0 Å². The third-order valence-electron chi connectivity index (χ3n) is 1.88. The number of rotatable bonds is 6. The monoisotopic (exact) mass is 242 g/mol. The molecule has 0 fully saturated rings. The molecule has 0 aromatic heterocycles. The normalized spacial score (nSPS) is 12.4. The quantitative estimate of drug-likeness (QED) is 0.740. The Kier molecular flexibility index (Phi) is 5.31. The number of ether oxygens (including phenoxy) is 1. The van der Waals surface area contributed by atoms with Gasteiger partial charge < -0.3 is 14.9 Å². The number of aliphatic hydroxyl groups excluding tert-OH is 1. The number of benzene rings is 1. The lowest BCUT2D eigenvalue weighted by atomic mass is 10.2. The van der Waals surface area contributed by atoms with Gasteiger partial charge in [0, 0.05) is 17.8 Å². The maximum absolute atomic E-state index is 10.7. The summed E-state index contributed by atoms with van der Waals surface area (Å²) in [5.74, 6) is -0.461. The standard InChI is InChI=1S/C11H14O4S/c1-15-6-9(12)7-16-10-4-2-3-8(5-10)11(13)14/h2-5,9,12H,6-7H2,1H3,(H,13,14). The predicted octanol–water partition coefficient (Wildman–Crippen LogP) is 1.48. The van der Waals surface area contributed by atoms with Crippen molar-refractivity contribution in [3.05, 3.63) is 29.8 Å². The molecule has 0 aliphatic heterocycles. The van der Waals surface area contributed by atoms with Crippen LogP contribution in [0.4, 0.5) is 0 Å². The lowest BCUT2D eigenvalue weighted by Gasteiger charge is -2.08. The fourth-order valence-corrected chi connectivity index (χ4v) is 2.02. The zero-order valence-electron chi connectivity index (χ0n) is 8.92. The zero-order chi connectivity index (χ0) is 12.0. The van der Waals surface area contributed by atoms with Crippen LogP contribution in [0.15, 0.2) is 29.2 Å². The zero-order valence-corrected chi connectivity index (χ0v) is 9.74. The van der Waals surface area contributed by atoms with Crippen LogP contribution in [0, 0.1) is 0 Å². The summed E-state index contributed by atoms with van der Waals surface area (Å²) in [6.07, 6.45) is -0.538. The van der Waals surface area contributed by atoms with E-state index in [1.54, 1.807) is 12.1 Å². The molecule has 0 bridgehead atoms. The minimum absolute atomic E-state index is 0.256. The van der Waals surface area contributed by atoms with Crippen LogP contribution >= 0.6 is 11.8 Å². The molecule has 0 amide bonds. The molecule has 0 saturated carbocycles. The molecule has 0 spiro atoms. The lowest BCUT2D eigenvalue weighted by molar-refractivity contribution is 0.0696. The van der Waals surface area contributed by atoms with E-state index in [1.807, 2.05) is 6.07 Å². The van der Waals surface area contributed by atoms with Crippen LogP contribution < -0.4 is 0 Å². The topological polar surface area (TPSA) is 66.8 Å². The molecule has 0 saturated heterocycles. The first-order valence-electron chi connectivity index (χ1n) is 4.76. The van der Waals surface area contributed by atoms with E-state index >= 15 is 0 Å². The van der Waals surface area contributed by atoms with Crippen LogP contribution in [0.5, 0.6) is 0 Å². The molecule has 0 radical (unpaired) electrons. The second-order valence-electron chi connectivity index (χ2n) is 3.25. The summed E-state index contributed by atoms with van der Waals surface area (Å²) in [7, 11) is 1.53. The Balaban J connectivity index is 2.54. The van der Waals surface area contributed by atoms with Gasteiger partial charge in [-0.2, -0.15) is 0 Å². The van der Waals surface area contributed by atoms with Gasteiger partial charge in [0.15, 0.2) is 0 Å². The Hall–Kier alpha value is -1.04. The first-order valence-corrected chi connectivity index (χ1v) is 5.75. The van der Waals surface area contributed by atoms with Crippen molar-refractivity contribution in [3.8, 4) is 0 Å². The minimum Gasteiger partial charge on any atom is -0.478 e. The summed E-state index contributed by atoms with van der Waals surface area (Å²) in [5.41, 5.74) is 0.256. The number of carboxylic acid groups (broad SMARTS) is 1. The van der Waals surface area contributed by atoms with Crippen molar-refractivity contribution >= 4 is 17.7 Å². The second-order valence-corrected chi connectivity index (χ2v) is 4.35. The van der Waals surface area contributed by atoms with E-state index in [2.05, 4.69) is 0 Å². The van der Waals surface area contributed by atoms with Gasteiger partial charge in [-0.25, -0.2) is 4.79 Å². The fraction of sp³-hybridized carbons (Fsp3) is 0.364. The van der Waals surface area contributed by atoms with E-state index < -0.39 is 12.1 Å². The van der Waals surface area contributed by atoms with Gasteiger partial charge >= 0.3 is 5.97 Å². The van der Waals surface area contributed by atoms with Gasteiger partial charge in [0.1, 0.15) is 0 Å². The van der Waals surface area contributed by atoms with E-state index in [4.69, 9.17) is 9.84 Å². The van der Waals surface area contributed by atoms with Crippen molar-refractivity contribution in [2.75, 3.05) is 19.5 Å². The molecule has 1 unspecified atom stereocenters. The van der Waals surface area contributed by atoms with Crippen LogP contribution in [0.1, 0.15) is 10.4 Å². The summed E-state index contributed by atoms with van der Waals surface area (Å²) >= 11 is 1.41. The first kappa shape index (κ1) is 13.0. The third-order valence-corrected chi connectivity index (χ3v) is 3.02. The van der Waals surface area contributed by atoms with Crippen molar-refractivity contribution in [2.24, 2.45) is 0 Å². The molecule has 2 N–H and O–H groups in total. The van der Waals surface area contributed by atoms with Crippen LogP contribution in [0.25, 0.3) is 0 Å². The molecule has 1 aromatic carbocycles. The Morgan fingerprint density at radius 2 is 2.31 bits per heavy atom. The Morgan fingerprint density at radius 1 is 1.56 bits per heavy atom. The Bertz CT molecular complexity index is 354. The maximum Gasteiger partial charge on any atom is 0.335 e. The number of aliphatic hydroxyl groups is 1. The Labute approximate surface area is 98.2 Å². The van der Waals surface area contributed by atoms with Crippen LogP contribution in [0.2, 0.25) is 0 Å². The minimum atomic E-state index is -0.945. The van der Waals surface area contributed by atoms with E-state index in [9.17, 15) is 9.90 Å². The van der Waals surface area contributed by atoms with E-state index in [-0.39, 0.29) is 12.2 Å². The number of hydrogen-bond acceptors (Lipinski definition) is 4. The van der Waals surface area contributed by atoms with E-state index in [0.29, 0.717) is 5.75 Å². The van der Waals surface area contributed by atoms with E-state index in [1.165, 1.54) is 24.9 Å². The third kappa shape index (κ3) is 4.22. The van der Waals surface area contributed by atoms with Crippen molar-refractivity contribution in [1.82, 2.24) is 0 Å². The highest BCUT2D eigenvalue weighted by Crippen LogP contribution is 2.20. The molecular weight excluding hydrogens is 228 g/mol. The molecule has 1 rings (SSSR count). The molecule has 0 heterocycles. The number of thioether (sulfide) groups is 1. The number of hydrogen-bond donors (Lipinski definition) is 2. The smallest absolute Gasteiger partial charge is 0.335 e. The van der Waals surface area contributed by atoms with Crippen LogP contribution in [0.3, 0.4) is 0 Å². The van der Waals surface area contributed by atoms with Crippen LogP contribution in [-0.2, 0) is 4.74 Å². The number of aromatic carboxylic acids is 1. The summed E-state index contributed by atoms with van der Waals surface area (Å²) in [6.45, 7) is 0.283. The van der Waals surface area contributed by atoms with Gasteiger partial charge in [-0.1, -0.05) is 6.07 Å². The summed E-state index contributed by atoms with van der Waals surface area (Å²) in [6, 6.07) is 6.63. The van der Waals surface area contributed by atoms with Gasteiger partial charge in [-0.05, 0) is 18.2 Å². The highest BCUT2D eigenvalue weighted by molar-refractivity contribution is 7.99. The van der Waals surface area contributed by atoms with Crippen molar-refractivity contribution < 1.29 is 19.7 Å². The van der Waals surface area contributed by atoms with Crippen molar-refractivity contribution in [2.45, 2.75) is 11.0 Å². The van der Waals surface area contributed by atoms with Gasteiger partial charge in [0.2, 0.25) is 0 Å². The molecule has 0 aliphatic carbocycles. The van der Waals surface area contributed by atoms with Crippen LogP contribution in [-0.4, -0.2) is 41.8 Å². The predicted molar refractivity (Wildman–Crippen MR) is 62.0 cm³/mol. The molecule has 16 heavy (non-hydrogen) atoms. The average molecular weight is 242 g/mol. The van der Waals surface area contributed by atoms with E-state index in [0.717, 1.165) is 4.90 Å². The molecule has 1 atom stereocenters. The molecule has 88 valence electrons.